The second kappa shape index (κ2) is 10.9. The summed E-state index contributed by atoms with van der Waals surface area (Å²) < 4.78 is 5.56. The highest BCUT2D eigenvalue weighted by molar-refractivity contribution is 6.00. The van der Waals surface area contributed by atoms with Gasteiger partial charge in [-0.25, -0.2) is 0 Å². The minimum absolute atomic E-state index is 0.0916. The summed E-state index contributed by atoms with van der Waals surface area (Å²) in [6.07, 6.45) is 0.470. The van der Waals surface area contributed by atoms with Gasteiger partial charge in [0, 0.05) is 45.1 Å². The average molecular weight is 503 g/mol. The van der Waals surface area contributed by atoms with Crippen LogP contribution in [0.1, 0.15) is 41.5 Å². The van der Waals surface area contributed by atoms with Crippen molar-refractivity contribution in [3.8, 4) is 11.1 Å². The lowest BCUT2D eigenvalue weighted by molar-refractivity contribution is -0.130. The van der Waals surface area contributed by atoms with Crippen molar-refractivity contribution in [1.82, 2.24) is 24.8 Å². The highest BCUT2D eigenvalue weighted by Crippen LogP contribution is 2.31. The van der Waals surface area contributed by atoms with Gasteiger partial charge in [0.2, 0.25) is 11.8 Å². The molecule has 10 nitrogen and oxygen atoms in total. The Morgan fingerprint density at radius 1 is 1.03 bits per heavy atom. The molecule has 10 heteroatoms. The first-order chi connectivity index (χ1) is 18.0. The van der Waals surface area contributed by atoms with Gasteiger partial charge in [-0.05, 0) is 23.3 Å². The van der Waals surface area contributed by atoms with Gasteiger partial charge in [0.15, 0.2) is 5.82 Å². The SMILES string of the molecule is CON=C1CC(c2noc(CN3CCN(C(C)=O)CC3)n2)N(C(=O)c2ccc(-c3ccccc3)cc2)C1. The van der Waals surface area contributed by atoms with E-state index in [1.807, 2.05) is 59.5 Å². The number of rotatable bonds is 6. The molecule has 1 aromatic heterocycles. The number of carbonyl (C=O) groups is 2. The zero-order valence-corrected chi connectivity index (χ0v) is 21.0. The molecule has 2 aromatic carbocycles. The van der Waals surface area contributed by atoms with E-state index < -0.39 is 6.04 Å². The summed E-state index contributed by atoms with van der Waals surface area (Å²) in [6, 6.07) is 17.2. The van der Waals surface area contributed by atoms with Crippen LogP contribution in [0.2, 0.25) is 0 Å². The number of amides is 2. The molecular weight excluding hydrogens is 472 g/mol. The zero-order valence-electron chi connectivity index (χ0n) is 21.0. The van der Waals surface area contributed by atoms with E-state index >= 15 is 0 Å². The van der Waals surface area contributed by atoms with Gasteiger partial charge in [-0.15, -0.1) is 0 Å². The van der Waals surface area contributed by atoms with E-state index in [1.165, 1.54) is 7.11 Å². The van der Waals surface area contributed by atoms with Crippen LogP contribution in [-0.4, -0.2) is 82.2 Å². The molecule has 0 saturated carbocycles. The first-order valence-corrected chi connectivity index (χ1v) is 12.4. The molecule has 2 amide bonds. The van der Waals surface area contributed by atoms with Crippen LogP contribution in [-0.2, 0) is 16.2 Å². The molecule has 1 atom stereocenters. The van der Waals surface area contributed by atoms with Crippen LogP contribution < -0.4 is 0 Å². The van der Waals surface area contributed by atoms with Crippen molar-refractivity contribution in [2.75, 3.05) is 39.8 Å². The fourth-order valence-electron chi connectivity index (χ4n) is 4.83. The van der Waals surface area contributed by atoms with Crippen molar-refractivity contribution in [1.29, 1.82) is 0 Å². The van der Waals surface area contributed by atoms with Crippen LogP contribution >= 0.6 is 0 Å². The smallest absolute Gasteiger partial charge is 0.254 e. The molecule has 0 bridgehead atoms. The lowest BCUT2D eigenvalue weighted by Gasteiger charge is -2.33. The Balaban J connectivity index is 1.30. The lowest BCUT2D eigenvalue weighted by atomic mass is 10.0. The van der Waals surface area contributed by atoms with E-state index in [1.54, 1.807) is 11.8 Å². The largest absolute Gasteiger partial charge is 0.399 e. The maximum atomic E-state index is 13.5. The molecule has 0 N–H and O–H groups in total. The molecule has 5 rings (SSSR count). The Morgan fingerprint density at radius 3 is 2.41 bits per heavy atom. The normalized spacial score (nSPS) is 19.4. The van der Waals surface area contributed by atoms with Gasteiger partial charge in [-0.1, -0.05) is 52.8 Å². The average Bonchev–Trinajstić information content (AvgIpc) is 3.56. The van der Waals surface area contributed by atoms with Crippen LogP contribution in [0.15, 0.2) is 64.3 Å². The molecule has 3 aromatic rings. The first kappa shape index (κ1) is 24.6. The molecule has 37 heavy (non-hydrogen) atoms. The first-order valence-electron chi connectivity index (χ1n) is 12.4. The van der Waals surface area contributed by atoms with E-state index in [4.69, 9.17) is 9.36 Å². The fourth-order valence-corrected chi connectivity index (χ4v) is 4.83. The van der Waals surface area contributed by atoms with Crippen LogP contribution in [0, 0.1) is 0 Å². The summed E-state index contributed by atoms with van der Waals surface area (Å²) >= 11 is 0. The molecule has 0 radical (unpaired) electrons. The molecule has 2 aliphatic rings. The second-order valence-electron chi connectivity index (χ2n) is 9.26. The Hall–Kier alpha value is -4.05. The van der Waals surface area contributed by atoms with Crippen molar-refractivity contribution in [2.24, 2.45) is 5.16 Å². The van der Waals surface area contributed by atoms with Gasteiger partial charge in [0.25, 0.3) is 5.91 Å². The molecule has 2 fully saturated rings. The number of benzene rings is 2. The van der Waals surface area contributed by atoms with E-state index in [-0.39, 0.29) is 11.8 Å². The maximum absolute atomic E-state index is 13.5. The number of likely N-dealkylation sites (tertiary alicyclic amines) is 1. The van der Waals surface area contributed by atoms with Gasteiger partial charge in [-0.3, -0.25) is 14.5 Å². The van der Waals surface area contributed by atoms with Gasteiger partial charge in [0.05, 0.1) is 18.8 Å². The number of hydrogen-bond donors (Lipinski definition) is 0. The van der Waals surface area contributed by atoms with E-state index in [0.717, 1.165) is 29.9 Å². The van der Waals surface area contributed by atoms with E-state index in [9.17, 15) is 9.59 Å². The Kier molecular flexibility index (Phi) is 7.27. The van der Waals surface area contributed by atoms with Crippen molar-refractivity contribution < 1.29 is 18.9 Å². The number of oxime groups is 1. The third-order valence-electron chi connectivity index (χ3n) is 6.84. The van der Waals surface area contributed by atoms with Gasteiger partial charge in [-0.2, -0.15) is 4.98 Å². The van der Waals surface area contributed by atoms with Crippen LogP contribution in [0.5, 0.6) is 0 Å². The fraction of sp³-hybridized carbons (Fsp3) is 0.370. The topological polar surface area (TPSA) is 104 Å². The van der Waals surface area contributed by atoms with Gasteiger partial charge in [0.1, 0.15) is 13.2 Å². The third-order valence-corrected chi connectivity index (χ3v) is 6.84. The molecule has 2 aliphatic heterocycles. The second-order valence-corrected chi connectivity index (χ2v) is 9.26. The summed E-state index contributed by atoms with van der Waals surface area (Å²) in [7, 11) is 1.49. The predicted molar refractivity (Wildman–Crippen MR) is 137 cm³/mol. The monoisotopic (exact) mass is 502 g/mol. The summed E-state index contributed by atoms with van der Waals surface area (Å²) in [5.74, 6) is 0.905. The molecule has 1 unspecified atom stereocenters. The van der Waals surface area contributed by atoms with Gasteiger partial charge >= 0.3 is 0 Å². The molecule has 2 saturated heterocycles. The molecular formula is C27H30N6O4. The Labute approximate surface area is 215 Å². The van der Waals surface area contributed by atoms with Crippen molar-refractivity contribution in [2.45, 2.75) is 25.9 Å². The van der Waals surface area contributed by atoms with Crippen molar-refractivity contribution >= 4 is 17.5 Å². The Morgan fingerprint density at radius 2 is 1.73 bits per heavy atom. The lowest BCUT2D eigenvalue weighted by Crippen LogP contribution is -2.47. The summed E-state index contributed by atoms with van der Waals surface area (Å²) in [5, 5.41) is 8.31. The maximum Gasteiger partial charge on any atom is 0.254 e. The van der Waals surface area contributed by atoms with Crippen LogP contribution in [0.4, 0.5) is 0 Å². The van der Waals surface area contributed by atoms with Crippen LogP contribution in [0.25, 0.3) is 11.1 Å². The summed E-state index contributed by atoms with van der Waals surface area (Å²) in [4.78, 5) is 40.5. The molecule has 3 heterocycles. The summed E-state index contributed by atoms with van der Waals surface area (Å²) in [5.41, 5.74) is 3.46. The minimum Gasteiger partial charge on any atom is -0.399 e. The Bertz CT molecular complexity index is 1270. The highest BCUT2D eigenvalue weighted by Gasteiger charge is 2.38. The van der Waals surface area contributed by atoms with E-state index in [0.29, 0.717) is 49.9 Å². The highest BCUT2D eigenvalue weighted by atomic mass is 16.6. The van der Waals surface area contributed by atoms with Gasteiger partial charge < -0.3 is 19.2 Å². The summed E-state index contributed by atoms with van der Waals surface area (Å²) in [6.45, 7) is 5.27. The molecule has 0 spiro atoms. The van der Waals surface area contributed by atoms with Crippen LogP contribution in [0.3, 0.4) is 0 Å². The number of aromatic nitrogens is 2. The third kappa shape index (κ3) is 5.54. The molecule has 0 aliphatic carbocycles. The standard InChI is InChI=1S/C27H30N6O4/c1-19(34)32-14-12-31(13-15-32)18-25-28-26(30-37-25)24-16-23(29-36-2)17-33(24)27(35)22-10-8-21(9-11-22)20-6-4-3-5-7-20/h3-11,24H,12-18H2,1-2H3. The number of nitrogens with zero attached hydrogens (tertiary/aromatic N) is 6. The predicted octanol–water partition coefficient (Wildman–Crippen LogP) is 2.99. The number of carbonyl (C=O) groups excluding carboxylic acids is 2. The minimum atomic E-state index is -0.401. The van der Waals surface area contributed by atoms with Crippen molar-refractivity contribution in [3.05, 3.63) is 71.9 Å². The number of piperazine rings is 1. The quantitative estimate of drug-likeness (QED) is 0.477. The zero-order chi connectivity index (χ0) is 25.8. The number of hydrogen-bond acceptors (Lipinski definition) is 8. The van der Waals surface area contributed by atoms with E-state index in [2.05, 4.69) is 20.2 Å². The van der Waals surface area contributed by atoms with Crippen molar-refractivity contribution in [3.63, 3.8) is 0 Å². The molecule has 192 valence electrons.